The fourth-order valence-corrected chi connectivity index (χ4v) is 4.61. The second kappa shape index (κ2) is 9.31. The molecule has 33 heavy (non-hydrogen) atoms. The van der Waals surface area contributed by atoms with E-state index in [4.69, 9.17) is 10.9 Å². The van der Waals surface area contributed by atoms with E-state index in [-0.39, 0.29) is 11.7 Å². The number of nitrogen functional groups attached to an aromatic ring is 1. The van der Waals surface area contributed by atoms with Crippen LogP contribution in [0.3, 0.4) is 0 Å². The van der Waals surface area contributed by atoms with E-state index in [2.05, 4.69) is 15.5 Å². The normalized spacial score (nSPS) is 10.9. The minimum Gasteiger partial charge on any atom is -0.335 e. The summed E-state index contributed by atoms with van der Waals surface area (Å²) in [7, 11) is 0. The number of amides is 1. The van der Waals surface area contributed by atoms with Gasteiger partial charge >= 0.3 is 0 Å². The smallest absolute Gasteiger partial charge is 0.236 e. The number of thiophene rings is 1. The van der Waals surface area contributed by atoms with Gasteiger partial charge in [-0.05, 0) is 23.6 Å². The molecule has 8 nitrogen and oxygen atoms in total. The highest BCUT2D eigenvalue weighted by Gasteiger charge is 2.17. The van der Waals surface area contributed by atoms with Gasteiger partial charge in [-0.25, -0.2) is 9.36 Å². The lowest BCUT2D eigenvalue weighted by Gasteiger charge is -2.08. The van der Waals surface area contributed by atoms with Gasteiger partial charge in [0, 0.05) is 11.6 Å². The molecule has 1 amide bonds. The number of nitrogens with one attached hydrogen (secondary N) is 1. The maximum Gasteiger partial charge on any atom is 0.236 e. The molecule has 0 fully saturated rings. The lowest BCUT2D eigenvalue weighted by atomic mass is 10.2. The van der Waals surface area contributed by atoms with Crippen LogP contribution in [0.25, 0.3) is 27.6 Å². The average molecular weight is 474 g/mol. The van der Waals surface area contributed by atoms with Crippen LogP contribution in [0, 0.1) is 0 Å². The molecule has 3 aromatic heterocycles. The Bertz CT molecular complexity index is 1360. The molecule has 0 aliphatic rings. The molecule has 0 spiro atoms. The second-order valence-corrected chi connectivity index (χ2v) is 8.91. The van der Waals surface area contributed by atoms with Crippen molar-refractivity contribution in [1.82, 2.24) is 24.7 Å². The first-order valence-corrected chi connectivity index (χ1v) is 11.9. The average Bonchev–Trinajstić information content (AvgIpc) is 3.59. The number of thioether (sulfide) groups is 1. The summed E-state index contributed by atoms with van der Waals surface area (Å²) in [6.45, 7) is 0. The highest BCUT2D eigenvalue weighted by atomic mass is 32.2. The van der Waals surface area contributed by atoms with Gasteiger partial charge in [0.05, 0.1) is 22.0 Å². The van der Waals surface area contributed by atoms with Crippen molar-refractivity contribution >= 4 is 34.8 Å². The van der Waals surface area contributed by atoms with Gasteiger partial charge in [0.1, 0.15) is 5.82 Å². The van der Waals surface area contributed by atoms with Gasteiger partial charge in [0.2, 0.25) is 11.1 Å². The number of nitrogens with two attached hydrogens (primary N) is 1. The van der Waals surface area contributed by atoms with E-state index in [1.807, 2.05) is 84.2 Å². The van der Waals surface area contributed by atoms with Crippen LogP contribution in [-0.2, 0) is 4.79 Å². The van der Waals surface area contributed by atoms with E-state index in [0.717, 1.165) is 21.8 Å². The molecule has 3 heterocycles. The molecule has 10 heteroatoms. The maximum absolute atomic E-state index is 12.8. The third kappa shape index (κ3) is 4.52. The topological polar surface area (TPSA) is 104 Å². The summed E-state index contributed by atoms with van der Waals surface area (Å²) >= 11 is 2.75. The molecule has 2 aromatic carbocycles. The van der Waals surface area contributed by atoms with Crippen LogP contribution in [0.15, 0.2) is 89.4 Å². The molecule has 0 saturated carbocycles. The van der Waals surface area contributed by atoms with E-state index in [0.29, 0.717) is 16.8 Å². The van der Waals surface area contributed by atoms with Crippen molar-refractivity contribution < 1.29 is 4.79 Å². The van der Waals surface area contributed by atoms with Gasteiger partial charge in [-0.1, -0.05) is 66.4 Å². The van der Waals surface area contributed by atoms with Crippen molar-refractivity contribution in [1.29, 1.82) is 0 Å². The fraction of sp³-hybridized carbons (Fsp3) is 0.0435. The Morgan fingerprint density at radius 1 is 1.00 bits per heavy atom. The van der Waals surface area contributed by atoms with Gasteiger partial charge in [-0.15, -0.1) is 21.5 Å². The van der Waals surface area contributed by atoms with Gasteiger partial charge in [-0.3, -0.25) is 4.79 Å². The van der Waals surface area contributed by atoms with Crippen LogP contribution in [-0.4, -0.2) is 36.3 Å². The summed E-state index contributed by atoms with van der Waals surface area (Å²) in [5.74, 6) is 7.22. The molecule has 5 rings (SSSR count). The fourth-order valence-electron chi connectivity index (χ4n) is 3.24. The molecule has 0 bridgehead atoms. The first-order valence-electron chi connectivity index (χ1n) is 10.1. The van der Waals surface area contributed by atoms with E-state index < -0.39 is 0 Å². The van der Waals surface area contributed by atoms with Gasteiger partial charge in [0.25, 0.3) is 0 Å². The maximum atomic E-state index is 12.8. The van der Waals surface area contributed by atoms with Crippen LogP contribution in [0.2, 0.25) is 0 Å². The van der Waals surface area contributed by atoms with Gasteiger partial charge in [-0.2, -0.15) is 5.10 Å². The van der Waals surface area contributed by atoms with E-state index in [9.17, 15) is 4.79 Å². The zero-order valence-electron chi connectivity index (χ0n) is 17.3. The number of nitrogens with zero attached hydrogens (tertiary/aromatic N) is 5. The Hall–Kier alpha value is -3.89. The molecule has 0 radical (unpaired) electrons. The molecule has 3 N–H and O–H groups in total. The third-order valence-electron chi connectivity index (χ3n) is 4.79. The SMILES string of the molecule is Nn1c(SCC(=O)Nc2cc(-c3ccccc3)nn2-c2ccccc2)nnc1-c1cccs1. The molecular formula is C23H19N7OS2. The van der Waals surface area contributed by atoms with Crippen LogP contribution in [0.4, 0.5) is 5.82 Å². The minimum absolute atomic E-state index is 0.125. The lowest BCUT2D eigenvalue weighted by molar-refractivity contribution is -0.113. The van der Waals surface area contributed by atoms with Crippen molar-refractivity contribution in [2.45, 2.75) is 5.16 Å². The highest BCUT2D eigenvalue weighted by Crippen LogP contribution is 2.27. The minimum atomic E-state index is -0.197. The van der Waals surface area contributed by atoms with E-state index in [1.54, 1.807) is 4.68 Å². The molecule has 0 unspecified atom stereocenters. The van der Waals surface area contributed by atoms with Crippen LogP contribution >= 0.6 is 23.1 Å². The van der Waals surface area contributed by atoms with Crippen LogP contribution in [0.1, 0.15) is 0 Å². The Kier molecular flexibility index (Phi) is 5.92. The van der Waals surface area contributed by atoms with Crippen molar-refractivity contribution in [3.05, 3.63) is 84.2 Å². The predicted octanol–water partition coefficient (Wildman–Crippen LogP) is 4.30. The summed E-state index contributed by atoms with van der Waals surface area (Å²) in [6, 6.07) is 25.2. The summed E-state index contributed by atoms with van der Waals surface area (Å²) < 4.78 is 3.14. The van der Waals surface area contributed by atoms with Crippen molar-refractivity contribution in [2.75, 3.05) is 16.9 Å². The number of hydrogen-bond donors (Lipinski definition) is 2. The molecule has 0 saturated heterocycles. The molecule has 164 valence electrons. The van der Waals surface area contributed by atoms with Gasteiger partial charge in [0.15, 0.2) is 5.82 Å². The van der Waals surface area contributed by atoms with E-state index >= 15 is 0 Å². The second-order valence-electron chi connectivity index (χ2n) is 7.02. The van der Waals surface area contributed by atoms with Crippen LogP contribution < -0.4 is 11.2 Å². The van der Waals surface area contributed by atoms with Crippen molar-refractivity contribution in [3.8, 4) is 27.6 Å². The monoisotopic (exact) mass is 473 g/mol. The first-order chi connectivity index (χ1) is 16.2. The van der Waals surface area contributed by atoms with E-state index in [1.165, 1.54) is 27.8 Å². The highest BCUT2D eigenvalue weighted by molar-refractivity contribution is 7.99. The Morgan fingerprint density at radius 3 is 2.48 bits per heavy atom. The number of carbonyl (C=O) groups is 1. The summed E-state index contributed by atoms with van der Waals surface area (Å²) in [6.07, 6.45) is 0. The number of para-hydroxylation sites is 1. The number of carbonyl (C=O) groups excluding carboxylic acids is 1. The molecule has 0 aliphatic carbocycles. The summed E-state index contributed by atoms with van der Waals surface area (Å²) in [5.41, 5.74) is 2.59. The predicted molar refractivity (Wildman–Crippen MR) is 132 cm³/mol. The molecule has 0 atom stereocenters. The number of aromatic nitrogens is 5. The number of rotatable bonds is 7. The molecule has 0 aliphatic heterocycles. The number of anilines is 1. The first kappa shape index (κ1) is 21.0. The lowest BCUT2D eigenvalue weighted by Crippen LogP contribution is -2.18. The van der Waals surface area contributed by atoms with Gasteiger partial charge < -0.3 is 11.2 Å². The van der Waals surface area contributed by atoms with Crippen molar-refractivity contribution in [3.63, 3.8) is 0 Å². The Balaban J connectivity index is 1.34. The standard InChI is InChI=1S/C23H19N7OS2/c24-29-22(19-12-7-13-32-19)26-27-23(29)33-15-21(31)25-20-14-18(16-8-3-1-4-9-16)28-30(20)17-10-5-2-6-11-17/h1-14H,15,24H2,(H,25,31). The zero-order chi connectivity index (χ0) is 22.6. The number of benzene rings is 2. The Labute approximate surface area is 198 Å². The Morgan fingerprint density at radius 2 is 1.76 bits per heavy atom. The summed E-state index contributed by atoms with van der Waals surface area (Å²) in [4.78, 5) is 13.7. The molecule has 5 aromatic rings. The van der Waals surface area contributed by atoms with Crippen molar-refractivity contribution in [2.24, 2.45) is 0 Å². The third-order valence-corrected chi connectivity index (χ3v) is 6.59. The largest absolute Gasteiger partial charge is 0.335 e. The number of hydrogen-bond acceptors (Lipinski definition) is 7. The van der Waals surface area contributed by atoms with Crippen LogP contribution in [0.5, 0.6) is 0 Å². The zero-order valence-corrected chi connectivity index (χ0v) is 19.0. The quantitative estimate of drug-likeness (QED) is 0.270. The molecular weight excluding hydrogens is 454 g/mol. The summed E-state index contributed by atoms with van der Waals surface area (Å²) in [5, 5.41) is 18.4.